The first-order valence-electron chi connectivity index (χ1n) is 12.7. The molecule has 2 aliphatic rings. The van der Waals surface area contributed by atoms with Gasteiger partial charge in [0.25, 0.3) is 0 Å². The van der Waals surface area contributed by atoms with Gasteiger partial charge in [-0.05, 0) is 66.4 Å². The monoisotopic (exact) mass is 540 g/mol. The predicted octanol–water partition coefficient (Wildman–Crippen LogP) is 5.32. The summed E-state index contributed by atoms with van der Waals surface area (Å²) in [6, 6.07) is 10.6. The summed E-state index contributed by atoms with van der Waals surface area (Å²) in [6.45, 7) is 2.48. The lowest BCUT2D eigenvalue weighted by molar-refractivity contribution is 0.0186. The Kier molecular flexibility index (Phi) is 7.85. The highest BCUT2D eigenvalue weighted by Crippen LogP contribution is 2.41. The molecular formula is C29H30ClFN2O5. The number of aromatic nitrogens is 1. The second kappa shape index (κ2) is 11.3. The van der Waals surface area contributed by atoms with Crippen LogP contribution in [0.15, 0.2) is 66.3 Å². The molecule has 7 nitrogen and oxygen atoms in total. The number of carbonyl (C=O) groups excluding carboxylic acids is 1. The number of benzene rings is 2. The van der Waals surface area contributed by atoms with Crippen molar-refractivity contribution in [1.82, 2.24) is 9.88 Å². The minimum absolute atomic E-state index is 0.000405. The molecule has 2 unspecified atom stereocenters. The largest absolute Gasteiger partial charge is 0.416 e. The van der Waals surface area contributed by atoms with Crippen LogP contribution < -0.4 is 4.74 Å². The molecule has 0 fully saturated rings. The predicted molar refractivity (Wildman–Crippen MR) is 143 cm³/mol. The number of aliphatic hydroxyl groups is 2. The van der Waals surface area contributed by atoms with Gasteiger partial charge < -0.3 is 24.7 Å². The second-order valence-electron chi connectivity index (χ2n) is 9.72. The molecule has 1 amide bonds. The average molecular weight is 541 g/mol. The SMILES string of the molecule is CC1C=C([C@H]2c3[nH]c4ccc(Cl)cc4c3CCN2C(=O)Oc2ccc(F)cc2)C=CC1OCC[C@H](O)CO. The van der Waals surface area contributed by atoms with Crippen molar-refractivity contribution in [3.63, 3.8) is 0 Å². The summed E-state index contributed by atoms with van der Waals surface area (Å²) in [5.74, 6) is -0.138. The number of halogens is 2. The number of rotatable bonds is 7. The highest BCUT2D eigenvalue weighted by Gasteiger charge is 2.37. The average Bonchev–Trinajstić information content (AvgIpc) is 3.28. The summed E-state index contributed by atoms with van der Waals surface area (Å²) in [7, 11) is 0. The third-order valence-electron chi connectivity index (χ3n) is 7.08. The summed E-state index contributed by atoms with van der Waals surface area (Å²) < 4.78 is 24.9. The number of carbonyl (C=O) groups is 1. The van der Waals surface area contributed by atoms with E-state index < -0.39 is 24.1 Å². The topological polar surface area (TPSA) is 95.0 Å². The van der Waals surface area contributed by atoms with E-state index in [9.17, 15) is 14.3 Å². The zero-order valence-corrected chi connectivity index (χ0v) is 21.7. The standard InChI is InChI=1S/C29H30ClFN2O5/c1-17-14-18(2-9-26(17)37-13-11-21(35)16-34)28-27-23(24-15-19(30)3-8-25(24)32-27)10-12-33(28)29(36)38-22-6-4-20(31)5-7-22/h2-9,14-15,17,21,26,28,32,34-35H,10-13,16H2,1H3/t17?,21-,26?,28-/m0/s1. The third kappa shape index (κ3) is 5.49. The molecule has 3 aromatic rings. The zero-order valence-electron chi connectivity index (χ0n) is 20.9. The van der Waals surface area contributed by atoms with Crippen LogP contribution in [0.3, 0.4) is 0 Å². The van der Waals surface area contributed by atoms with Crippen LogP contribution in [0.1, 0.15) is 30.6 Å². The first kappa shape index (κ1) is 26.4. The maximum absolute atomic E-state index is 13.4. The fourth-order valence-corrected chi connectivity index (χ4v) is 5.29. The summed E-state index contributed by atoms with van der Waals surface area (Å²) >= 11 is 6.30. The van der Waals surface area contributed by atoms with Crippen LogP contribution in [0.25, 0.3) is 10.9 Å². The summed E-state index contributed by atoms with van der Waals surface area (Å²) in [5.41, 5.74) is 3.87. The molecule has 0 saturated heterocycles. The van der Waals surface area contributed by atoms with Crippen LogP contribution in [0.2, 0.25) is 5.02 Å². The van der Waals surface area contributed by atoms with Crippen molar-refractivity contribution in [1.29, 1.82) is 0 Å². The Bertz CT molecular complexity index is 1370. The van der Waals surface area contributed by atoms with Gasteiger partial charge in [0.1, 0.15) is 17.6 Å². The van der Waals surface area contributed by atoms with Gasteiger partial charge in [0.05, 0.1) is 18.8 Å². The van der Waals surface area contributed by atoms with Gasteiger partial charge in [-0.15, -0.1) is 0 Å². The van der Waals surface area contributed by atoms with Gasteiger partial charge in [-0.25, -0.2) is 9.18 Å². The van der Waals surface area contributed by atoms with Gasteiger partial charge >= 0.3 is 6.09 Å². The van der Waals surface area contributed by atoms with Crippen LogP contribution >= 0.6 is 11.6 Å². The minimum atomic E-state index is -0.805. The van der Waals surface area contributed by atoms with Crippen LogP contribution in [-0.4, -0.2) is 58.2 Å². The molecule has 1 aliphatic heterocycles. The van der Waals surface area contributed by atoms with Crippen LogP contribution in [0.4, 0.5) is 9.18 Å². The number of nitrogens with zero attached hydrogens (tertiary/aromatic N) is 1. The molecule has 0 bridgehead atoms. The first-order valence-corrected chi connectivity index (χ1v) is 13.1. The number of aliphatic hydroxyl groups excluding tert-OH is 2. The van der Waals surface area contributed by atoms with E-state index in [1.165, 1.54) is 24.3 Å². The molecule has 9 heteroatoms. The highest BCUT2D eigenvalue weighted by molar-refractivity contribution is 6.31. The molecule has 1 aromatic heterocycles. The van der Waals surface area contributed by atoms with Crippen LogP contribution in [0.5, 0.6) is 5.75 Å². The van der Waals surface area contributed by atoms with Crippen molar-refractivity contribution in [2.75, 3.05) is 19.8 Å². The Balaban J connectivity index is 1.45. The second-order valence-corrected chi connectivity index (χ2v) is 10.2. The molecule has 200 valence electrons. The smallest absolute Gasteiger partial charge is 0.410 e. The summed E-state index contributed by atoms with van der Waals surface area (Å²) in [5, 5.41) is 20.3. The Morgan fingerprint density at radius 1 is 1.26 bits per heavy atom. The maximum Gasteiger partial charge on any atom is 0.416 e. The Morgan fingerprint density at radius 3 is 2.79 bits per heavy atom. The molecule has 0 radical (unpaired) electrons. The number of ether oxygens (including phenoxy) is 2. The Morgan fingerprint density at radius 2 is 2.05 bits per heavy atom. The van der Waals surface area contributed by atoms with Crippen molar-refractivity contribution < 1.29 is 28.9 Å². The number of amides is 1. The number of H-pyrrole nitrogens is 1. The van der Waals surface area contributed by atoms with Gasteiger partial charge in [0.15, 0.2) is 0 Å². The Hall–Kier alpha value is -3.17. The van der Waals surface area contributed by atoms with E-state index in [-0.39, 0.29) is 24.4 Å². The maximum atomic E-state index is 13.4. The van der Waals surface area contributed by atoms with E-state index in [2.05, 4.69) is 11.1 Å². The van der Waals surface area contributed by atoms with Crippen molar-refractivity contribution in [3.05, 3.63) is 88.4 Å². The first-order chi connectivity index (χ1) is 18.3. The van der Waals surface area contributed by atoms with E-state index in [1.54, 1.807) is 4.90 Å². The third-order valence-corrected chi connectivity index (χ3v) is 7.32. The van der Waals surface area contributed by atoms with Crippen molar-refractivity contribution in [3.8, 4) is 5.75 Å². The number of hydrogen-bond acceptors (Lipinski definition) is 5. The zero-order chi connectivity index (χ0) is 26.8. The molecule has 2 heterocycles. The fraction of sp³-hybridized carbons (Fsp3) is 0.345. The molecular weight excluding hydrogens is 511 g/mol. The number of hydrogen-bond donors (Lipinski definition) is 3. The van der Waals surface area contributed by atoms with Gasteiger partial charge in [-0.2, -0.15) is 0 Å². The molecule has 2 aromatic carbocycles. The summed E-state index contributed by atoms with van der Waals surface area (Å²) in [6.07, 6.45) is 5.44. The lowest BCUT2D eigenvalue weighted by Gasteiger charge is -2.37. The van der Waals surface area contributed by atoms with Crippen molar-refractivity contribution in [2.45, 2.75) is 38.0 Å². The van der Waals surface area contributed by atoms with Crippen molar-refractivity contribution >= 4 is 28.6 Å². The lowest BCUT2D eigenvalue weighted by Crippen LogP contribution is -2.42. The van der Waals surface area contributed by atoms with E-state index in [1.807, 2.05) is 37.3 Å². The molecule has 4 atom stereocenters. The molecule has 38 heavy (non-hydrogen) atoms. The number of aromatic amines is 1. The van der Waals surface area contributed by atoms with E-state index in [0.29, 0.717) is 31.0 Å². The number of nitrogens with one attached hydrogen (secondary N) is 1. The molecule has 0 spiro atoms. The molecule has 3 N–H and O–H groups in total. The van der Waals surface area contributed by atoms with Gasteiger partial charge in [0, 0.05) is 40.7 Å². The highest BCUT2D eigenvalue weighted by atomic mass is 35.5. The quantitative estimate of drug-likeness (QED) is 0.377. The lowest BCUT2D eigenvalue weighted by atomic mass is 9.86. The van der Waals surface area contributed by atoms with E-state index in [0.717, 1.165) is 27.7 Å². The van der Waals surface area contributed by atoms with Crippen molar-refractivity contribution in [2.24, 2.45) is 5.92 Å². The van der Waals surface area contributed by atoms with Gasteiger partial charge in [-0.1, -0.05) is 36.8 Å². The number of fused-ring (bicyclic) bond motifs is 3. The van der Waals surface area contributed by atoms with Crippen LogP contribution in [0, 0.1) is 11.7 Å². The van der Waals surface area contributed by atoms with Gasteiger partial charge in [-0.3, -0.25) is 4.90 Å². The molecule has 1 aliphatic carbocycles. The molecule has 0 saturated carbocycles. The minimum Gasteiger partial charge on any atom is -0.410 e. The van der Waals surface area contributed by atoms with Gasteiger partial charge in [0.2, 0.25) is 0 Å². The fourth-order valence-electron chi connectivity index (χ4n) is 5.12. The summed E-state index contributed by atoms with van der Waals surface area (Å²) in [4.78, 5) is 18.6. The van der Waals surface area contributed by atoms with E-state index in [4.69, 9.17) is 26.2 Å². The molecule has 5 rings (SSSR count). The van der Waals surface area contributed by atoms with Crippen LogP contribution in [-0.2, 0) is 11.2 Å². The normalized spacial score (nSPS) is 21.8. The Labute approximate surface area is 225 Å². The van der Waals surface area contributed by atoms with E-state index >= 15 is 0 Å².